The molecule has 3 fully saturated rings. The molecule has 3 aromatic carbocycles. The minimum atomic E-state index is -0.590. The van der Waals surface area contributed by atoms with Gasteiger partial charge in [0.25, 0.3) is 5.91 Å². The summed E-state index contributed by atoms with van der Waals surface area (Å²) in [6, 6.07) is 22.7. The highest BCUT2D eigenvalue weighted by molar-refractivity contribution is 7.99. The lowest BCUT2D eigenvalue weighted by atomic mass is 10.0. The monoisotopic (exact) mass is 898 g/mol. The standard InChI is InChI=1S/C49H58N10O5S/c50-46-44-45(34-17-19-37(20-18-34)64-36-12-4-3-5-13-36)54-59(47(44)52-33-51-46)35-11-9-25-57(31-35)43(61)16-10-24-56-28-26-55(27-29-56)23-6-1-2-7-30-65-41-15-8-14-38-39(41)32-58(49(38)63)40-21-22-42(60)53-48(40)62/h3-5,8,12-15,17-20,33,35,40H,1-2,6-7,9-11,16,21-32H2,(H2,50,51,52)(H,53,60,62). The summed E-state index contributed by atoms with van der Waals surface area (Å²) in [6.45, 7) is 7.98. The number of nitrogen functional groups attached to an aromatic ring is 1. The highest BCUT2D eigenvalue weighted by atomic mass is 32.2. The van der Waals surface area contributed by atoms with E-state index in [9.17, 15) is 19.2 Å². The van der Waals surface area contributed by atoms with Gasteiger partial charge in [-0.1, -0.05) is 37.1 Å². The van der Waals surface area contributed by atoms with E-state index in [4.69, 9.17) is 15.6 Å². The zero-order valence-corrected chi connectivity index (χ0v) is 37.7. The van der Waals surface area contributed by atoms with Crippen LogP contribution in [0.2, 0.25) is 0 Å². The van der Waals surface area contributed by atoms with Gasteiger partial charge in [-0.2, -0.15) is 5.10 Å². The maximum absolute atomic E-state index is 13.6. The molecule has 4 aliphatic heterocycles. The molecule has 3 N–H and O–H groups in total. The van der Waals surface area contributed by atoms with Gasteiger partial charge in [0.15, 0.2) is 5.65 Å². The number of carbonyl (C=O) groups is 4. The van der Waals surface area contributed by atoms with Gasteiger partial charge in [0, 0.05) is 74.7 Å². The molecule has 2 atom stereocenters. The zero-order chi connectivity index (χ0) is 44.7. The number of nitrogens with two attached hydrogens (primary N) is 1. The summed E-state index contributed by atoms with van der Waals surface area (Å²) >= 11 is 1.79. The molecule has 0 spiro atoms. The number of nitrogens with one attached hydrogen (secondary N) is 1. The van der Waals surface area contributed by atoms with Crippen LogP contribution in [-0.2, 0) is 20.9 Å². The Morgan fingerprint density at radius 3 is 2.35 bits per heavy atom. The highest BCUT2D eigenvalue weighted by Gasteiger charge is 2.40. The number of hydrogen-bond donors (Lipinski definition) is 2. The molecule has 340 valence electrons. The second kappa shape index (κ2) is 20.6. The van der Waals surface area contributed by atoms with E-state index in [1.807, 2.05) is 76.3 Å². The Hall–Kier alpha value is -5.84. The number of thioether (sulfide) groups is 1. The van der Waals surface area contributed by atoms with Crippen molar-refractivity contribution in [3.63, 3.8) is 0 Å². The van der Waals surface area contributed by atoms with Crippen LogP contribution in [0.25, 0.3) is 22.3 Å². The van der Waals surface area contributed by atoms with Crippen LogP contribution in [0.15, 0.2) is 84.0 Å². The second-order valence-electron chi connectivity index (χ2n) is 17.6. The largest absolute Gasteiger partial charge is 0.457 e. The fraction of sp³-hybridized carbons (Fsp3) is 0.449. The number of ether oxygens (including phenoxy) is 1. The first-order valence-electron chi connectivity index (χ1n) is 23.2. The molecule has 9 rings (SSSR count). The van der Waals surface area contributed by atoms with Crippen LogP contribution >= 0.6 is 11.8 Å². The molecule has 2 unspecified atom stereocenters. The molecular formula is C49H58N10O5S. The summed E-state index contributed by atoms with van der Waals surface area (Å²) < 4.78 is 7.96. The first-order chi connectivity index (χ1) is 31.8. The number of amides is 4. The number of rotatable bonds is 17. The number of likely N-dealkylation sites (tertiary alicyclic amines) is 1. The van der Waals surface area contributed by atoms with Gasteiger partial charge >= 0.3 is 0 Å². The summed E-state index contributed by atoms with van der Waals surface area (Å²) in [5.41, 5.74) is 10.4. The number of aromatic nitrogens is 4. The van der Waals surface area contributed by atoms with E-state index >= 15 is 0 Å². The molecule has 0 saturated carbocycles. The summed E-state index contributed by atoms with van der Waals surface area (Å²) in [6.07, 6.45) is 9.93. The first kappa shape index (κ1) is 44.4. The third-order valence-corrected chi connectivity index (χ3v) is 14.4. The van der Waals surface area contributed by atoms with Crippen molar-refractivity contribution in [1.29, 1.82) is 0 Å². The van der Waals surface area contributed by atoms with Crippen molar-refractivity contribution in [3.8, 4) is 22.8 Å². The number of fused-ring (bicyclic) bond motifs is 2. The number of imide groups is 1. The molecule has 0 aliphatic carbocycles. The van der Waals surface area contributed by atoms with Gasteiger partial charge in [0.2, 0.25) is 17.7 Å². The quantitative estimate of drug-likeness (QED) is 0.0588. The van der Waals surface area contributed by atoms with E-state index < -0.39 is 6.04 Å². The molecule has 15 nitrogen and oxygen atoms in total. The summed E-state index contributed by atoms with van der Waals surface area (Å²) in [4.78, 5) is 69.6. The Bertz CT molecular complexity index is 2490. The molecule has 5 aromatic rings. The van der Waals surface area contributed by atoms with Crippen LogP contribution in [0.3, 0.4) is 0 Å². The Morgan fingerprint density at radius 2 is 1.57 bits per heavy atom. The third kappa shape index (κ3) is 10.3. The predicted molar refractivity (Wildman–Crippen MR) is 250 cm³/mol. The van der Waals surface area contributed by atoms with E-state index in [1.165, 1.54) is 19.2 Å². The van der Waals surface area contributed by atoms with Crippen molar-refractivity contribution in [1.82, 2.24) is 44.7 Å². The topological polar surface area (TPSA) is 172 Å². The molecule has 2 aromatic heterocycles. The van der Waals surface area contributed by atoms with Crippen LogP contribution in [0.4, 0.5) is 5.82 Å². The van der Waals surface area contributed by atoms with Crippen molar-refractivity contribution in [2.24, 2.45) is 0 Å². The minimum absolute atomic E-state index is 0.0178. The maximum Gasteiger partial charge on any atom is 0.255 e. The highest BCUT2D eigenvalue weighted by Crippen LogP contribution is 2.37. The molecule has 65 heavy (non-hydrogen) atoms. The number of para-hydroxylation sites is 1. The van der Waals surface area contributed by atoms with Gasteiger partial charge in [-0.25, -0.2) is 14.6 Å². The first-order valence-corrected chi connectivity index (χ1v) is 24.2. The van der Waals surface area contributed by atoms with Gasteiger partial charge in [0.1, 0.15) is 35.4 Å². The van der Waals surface area contributed by atoms with Crippen LogP contribution in [0.1, 0.15) is 86.2 Å². The lowest BCUT2D eigenvalue weighted by Gasteiger charge is -2.35. The van der Waals surface area contributed by atoms with Gasteiger partial charge < -0.3 is 30.1 Å². The average molecular weight is 899 g/mol. The fourth-order valence-corrected chi connectivity index (χ4v) is 10.7. The van der Waals surface area contributed by atoms with E-state index in [-0.39, 0.29) is 36.1 Å². The smallest absolute Gasteiger partial charge is 0.255 e. The molecular weight excluding hydrogens is 841 g/mol. The normalized spacial score (nSPS) is 19.5. The molecule has 0 bridgehead atoms. The van der Waals surface area contributed by atoms with E-state index in [2.05, 4.69) is 31.2 Å². The number of unbranched alkanes of at least 4 members (excludes halogenated alkanes) is 3. The van der Waals surface area contributed by atoms with Crippen molar-refractivity contribution in [2.45, 2.75) is 87.7 Å². The minimum Gasteiger partial charge on any atom is -0.457 e. The SMILES string of the molecule is Nc1ncnc2c1c(-c1ccc(Oc3ccccc3)cc1)nn2C1CCCN(C(=O)CCCN2CCN(CCCCCCSc3cccc4c3CN(C3CCC(=O)NC3=O)C4=O)CC2)C1. The van der Waals surface area contributed by atoms with Crippen molar-refractivity contribution in [3.05, 3.63) is 90.3 Å². The number of benzene rings is 3. The summed E-state index contributed by atoms with van der Waals surface area (Å²) in [5, 5.41) is 8.17. The van der Waals surface area contributed by atoms with Crippen LogP contribution < -0.4 is 15.8 Å². The molecule has 6 heterocycles. The number of hydrogen-bond acceptors (Lipinski definition) is 12. The lowest BCUT2D eigenvalue weighted by molar-refractivity contribution is -0.137. The Balaban J connectivity index is 0.671. The zero-order valence-electron chi connectivity index (χ0n) is 36.9. The van der Waals surface area contributed by atoms with Crippen molar-refractivity contribution in [2.75, 3.05) is 63.8 Å². The van der Waals surface area contributed by atoms with Crippen molar-refractivity contribution >= 4 is 52.2 Å². The van der Waals surface area contributed by atoms with E-state index in [1.54, 1.807) is 16.7 Å². The maximum atomic E-state index is 13.6. The van der Waals surface area contributed by atoms with E-state index in [0.29, 0.717) is 43.0 Å². The Kier molecular flexibility index (Phi) is 14.0. The Morgan fingerprint density at radius 1 is 0.815 bits per heavy atom. The van der Waals surface area contributed by atoms with Gasteiger partial charge in [0.05, 0.1) is 11.4 Å². The molecule has 4 amide bonds. The predicted octanol–water partition coefficient (Wildman–Crippen LogP) is 6.54. The molecule has 0 radical (unpaired) electrons. The van der Waals surface area contributed by atoms with Crippen LogP contribution in [-0.4, -0.2) is 127 Å². The number of carbonyl (C=O) groups excluding carboxylic acids is 4. The third-order valence-electron chi connectivity index (χ3n) is 13.2. The average Bonchev–Trinajstić information content (AvgIpc) is 3.89. The Labute approximate surface area is 384 Å². The second-order valence-corrected chi connectivity index (χ2v) is 18.7. The number of nitrogens with zero attached hydrogens (tertiary/aromatic N) is 8. The number of anilines is 1. The van der Waals surface area contributed by atoms with E-state index in [0.717, 1.165) is 122 Å². The van der Waals surface area contributed by atoms with Crippen LogP contribution in [0.5, 0.6) is 11.5 Å². The lowest BCUT2D eigenvalue weighted by Crippen LogP contribution is -2.52. The van der Waals surface area contributed by atoms with Crippen molar-refractivity contribution < 1.29 is 23.9 Å². The molecule has 4 aliphatic rings. The molecule has 3 saturated heterocycles. The summed E-state index contributed by atoms with van der Waals surface area (Å²) in [5.74, 6) is 2.29. The summed E-state index contributed by atoms with van der Waals surface area (Å²) in [7, 11) is 0. The van der Waals surface area contributed by atoms with Gasteiger partial charge in [-0.15, -0.1) is 11.8 Å². The number of piperazine rings is 1. The molecule has 16 heteroatoms. The fourth-order valence-electron chi connectivity index (χ4n) is 9.65. The van der Waals surface area contributed by atoms with Gasteiger partial charge in [-0.05, 0) is 111 Å². The number of piperidine rings is 2. The van der Waals surface area contributed by atoms with Gasteiger partial charge in [-0.3, -0.25) is 24.5 Å². The van der Waals surface area contributed by atoms with Crippen LogP contribution in [0, 0.1) is 0 Å².